The molecule has 0 saturated carbocycles. The van der Waals surface area contributed by atoms with E-state index in [2.05, 4.69) is 68.9 Å². The number of hydrogen-bond donors (Lipinski definition) is 0. The lowest BCUT2D eigenvalue weighted by Crippen LogP contribution is -2.00. The fraction of sp³-hybridized carbons (Fsp3) is 0.0588. The SMILES string of the molecule is c1ccc(Cn2cc3nnsc3c2-c2ccccc2)cc1. The van der Waals surface area contributed by atoms with Gasteiger partial charge in [-0.15, -0.1) is 5.10 Å². The van der Waals surface area contributed by atoms with Gasteiger partial charge in [0.1, 0.15) is 10.2 Å². The van der Waals surface area contributed by atoms with Gasteiger partial charge in [-0.05, 0) is 22.7 Å². The highest BCUT2D eigenvalue weighted by Gasteiger charge is 2.14. The van der Waals surface area contributed by atoms with Crippen molar-refractivity contribution in [2.24, 2.45) is 0 Å². The van der Waals surface area contributed by atoms with E-state index in [9.17, 15) is 0 Å². The van der Waals surface area contributed by atoms with Gasteiger partial charge in [0, 0.05) is 12.7 Å². The van der Waals surface area contributed by atoms with E-state index in [-0.39, 0.29) is 0 Å². The summed E-state index contributed by atoms with van der Waals surface area (Å²) in [5.74, 6) is 0. The van der Waals surface area contributed by atoms with E-state index in [4.69, 9.17) is 0 Å². The van der Waals surface area contributed by atoms with Crippen LogP contribution in [0.5, 0.6) is 0 Å². The zero-order valence-corrected chi connectivity index (χ0v) is 12.1. The first-order chi connectivity index (χ1) is 10.4. The minimum absolute atomic E-state index is 0.841. The molecule has 2 aromatic heterocycles. The van der Waals surface area contributed by atoms with Crippen LogP contribution in [0.15, 0.2) is 66.9 Å². The largest absolute Gasteiger partial charge is 0.340 e. The first kappa shape index (κ1) is 12.3. The number of nitrogens with zero attached hydrogens (tertiary/aromatic N) is 3. The van der Waals surface area contributed by atoms with Gasteiger partial charge in [-0.2, -0.15) is 0 Å². The maximum atomic E-state index is 4.21. The van der Waals surface area contributed by atoms with Crippen molar-refractivity contribution in [3.63, 3.8) is 0 Å². The van der Waals surface area contributed by atoms with Crippen LogP contribution >= 0.6 is 11.5 Å². The fourth-order valence-electron chi connectivity index (χ4n) is 2.59. The molecule has 21 heavy (non-hydrogen) atoms. The summed E-state index contributed by atoms with van der Waals surface area (Å²) in [5, 5.41) is 4.21. The van der Waals surface area contributed by atoms with Gasteiger partial charge in [0.15, 0.2) is 0 Å². The van der Waals surface area contributed by atoms with E-state index in [1.807, 2.05) is 12.1 Å². The fourth-order valence-corrected chi connectivity index (χ4v) is 3.31. The minimum Gasteiger partial charge on any atom is -0.340 e. The molecule has 0 atom stereocenters. The van der Waals surface area contributed by atoms with Crippen LogP contribution in [0.1, 0.15) is 5.56 Å². The summed E-state index contributed by atoms with van der Waals surface area (Å²) in [6.07, 6.45) is 2.09. The molecule has 0 aliphatic carbocycles. The molecule has 0 unspecified atom stereocenters. The minimum atomic E-state index is 0.841. The smallest absolute Gasteiger partial charge is 0.124 e. The molecule has 0 saturated heterocycles. The predicted molar refractivity (Wildman–Crippen MR) is 86.4 cm³/mol. The molecular weight excluding hydrogens is 278 g/mol. The van der Waals surface area contributed by atoms with Crippen LogP contribution in [0.3, 0.4) is 0 Å². The van der Waals surface area contributed by atoms with E-state index in [1.54, 1.807) is 0 Å². The lowest BCUT2D eigenvalue weighted by molar-refractivity contribution is 0.816. The van der Waals surface area contributed by atoms with Crippen molar-refractivity contribution < 1.29 is 0 Å². The molecule has 0 aliphatic rings. The topological polar surface area (TPSA) is 30.7 Å². The zero-order chi connectivity index (χ0) is 14.1. The third-order valence-corrected chi connectivity index (χ3v) is 4.29. The summed E-state index contributed by atoms with van der Waals surface area (Å²) in [7, 11) is 0. The highest BCUT2D eigenvalue weighted by atomic mass is 32.1. The molecule has 0 radical (unpaired) electrons. The summed E-state index contributed by atoms with van der Waals surface area (Å²) in [6, 6.07) is 20.9. The average Bonchev–Trinajstić information content (AvgIpc) is 3.09. The van der Waals surface area contributed by atoms with Gasteiger partial charge in [0.05, 0.1) is 5.69 Å². The highest BCUT2D eigenvalue weighted by Crippen LogP contribution is 2.32. The summed E-state index contributed by atoms with van der Waals surface area (Å²) in [6.45, 7) is 0.841. The highest BCUT2D eigenvalue weighted by molar-refractivity contribution is 7.13. The monoisotopic (exact) mass is 291 g/mol. The van der Waals surface area contributed by atoms with Gasteiger partial charge >= 0.3 is 0 Å². The molecule has 102 valence electrons. The summed E-state index contributed by atoms with van der Waals surface area (Å²) >= 11 is 1.46. The van der Waals surface area contributed by atoms with Crippen molar-refractivity contribution in [3.8, 4) is 11.3 Å². The third kappa shape index (κ3) is 2.23. The summed E-state index contributed by atoms with van der Waals surface area (Å²) < 4.78 is 7.49. The third-order valence-electron chi connectivity index (χ3n) is 3.54. The lowest BCUT2D eigenvalue weighted by atomic mass is 10.1. The quantitative estimate of drug-likeness (QED) is 0.566. The Kier molecular flexibility index (Phi) is 3.01. The van der Waals surface area contributed by atoms with Crippen LogP contribution in [0, 0.1) is 0 Å². The van der Waals surface area contributed by atoms with Gasteiger partial charge < -0.3 is 4.57 Å². The molecule has 4 rings (SSSR count). The maximum absolute atomic E-state index is 4.21. The Balaban J connectivity index is 1.87. The van der Waals surface area contributed by atoms with Crippen molar-refractivity contribution in [1.82, 2.24) is 14.2 Å². The molecule has 0 bridgehead atoms. The molecule has 4 heteroatoms. The van der Waals surface area contributed by atoms with Crippen LogP contribution in [-0.2, 0) is 6.54 Å². The first-order valence-corrected chi connectivity index (χ1v) is 7.60. The molecule has 0 N–H and O–H groups in total. The Morgan fingerprint density at radius 3 is 2.38 bits per heavy atom. The molecule has 0 amide bonds. The van der Waals surface area contributed by atoms with Crippen molar-refractivity contribution in [2.75, 3.05) is 0 Å². The second kappa shape index (κ2) is 5.14. The number of benzene rings is 2. The molecule has 0 aliphatic heterocycles. The van der Waals surface area contributed by atoms with Gasteiger partial charge in [0.2, 0.25) is 0 Å². The predicted octanol–water partition coefficient (Wildman–Crippen LogP) is 4.21. The van der Waals surface area contributed by atoms with Gasteiger partial charge in [-0.3, -0.25) is 0 Å². The first-order valence-electron chi connectivity index (χ1n) is 6.82. The second-order valence-corrected chi connectivity index (χ2v) is 5.70. The summed E-state index contributed by atoms with van der Waals surface area (Å²) in [4.78, 5) is 0. The lowest BCUT2D eigenvalue weighted by Gasteiger charge is -2.09. The number of fused-ring (bicyclic) bond motifs is 1. The van der Waals surface area contributed by atoms with Crippen LogP contribution in [0.4, 0.5) is 0 Å². The Bertz CT molecular complexity index is 863. The van der Waals surface area contributed by atoms with Crippen LogP contribution in [0.25, 0.3) is 21.5 Å². The van der Waals surface area contributed by atoms with E-state index in [1.165, 1.54) is 28.4 Å². The molecule has 0 spiro atoms. The molecule has 2 heterocycles. The van der Waals surface area contributed by atoms with Gasteiger partial charge in [-0.25, -0.2) is 0 Å². The second-order valence-electron chi connectivity index (χ2n) is 4.94. The van der Waals surface area contributed by atoms with E-state index in [0.29, 0.717) is 0 Å². The average molecular weight is 291 g/mol. The Labute approximate surface area is 126 Å². The van der Waals surface area contributed by atoms with Crippen LogP contribution < -0.4 is 0 Å². The normalized spacial score (nSPS) is 11.0. The van der Waals surface area contributed by atoms with Crippen molar-refractivity contribution >= 4 is 21.7 Å². The molecule has 4 aromatic rings. The number of aromatic nitrogens is 3. The Morgan fingerprint density at radius 1 is 0.905 bits per heavy atom. The molecule has 0 fully saturated rings. The van der Waals surface area contributed by atoms with Crippen LogP contribution in [-0.4, -0.2) is 14.2 Å². The Morgan fingerprint density at radius 2 is 1.62 bits per heavy atom. The van der Waals surface area contributed by atoms with E-state index < -0.39 is 0 Å². The van der Waals surface area contributed by atoms with Crippen molar-refractivity contribution in [2.45, 2.75) is 6.54 Å². The van der Waals surface area contributed by atoms with Crippen LogP contribution in [0.2, 0.25) is 0 Å². The maximum Gasteiger partial charge on any atom is 0.124 e. The van der Waals surface area contributed by atoms with Gasteiger partial charge in [-0.1, -0.05) is 65.2 Å². The zero-order valence-electron chi connectivity index (χ0n) is 11.3. The number of rotatable bonds is 3. The number of hydrogen-bond acceptors (Lipinski definition) is 3. The van der Waals surface area contributed by atoms with Gasteiger partial charge in [0.25, 0.3) is 0 Å². The molecular formula is C17H13N3S. The van der Waals surface area contributed by atoms with Crippen molar-refractivity contribution in [1.29, 1.82) is 0 Å². The Hall–Kier alpha value is -2.46. The molecule has 2 aromatic carbocycles. The van der Waals surface area contributed by atoms with E-state index in [0.717, 1.165) is 16.8 Å². The van der Waals surface area contributed by atoms with E-state index >= 15 is 0 Å². The van der Waals surface area contributed by atoms with Crippen molar-refractivity contribution in [3.05, 3.63) is 72.4 Å². The summed E-state index contributed by atoms with van der Waals surface area (Å²) in [5.41, 5.74) is 4.65. The molecule has 3 nitrogen and oxygen atoms in total. The standard InChI is InChI=1S/C17H13N3S/c1-3-7-13(8-4-1)11-20-12-15-17(21-19-18-15)16(20)14-9-5-2-6-10-14/h1-10,12H,11H2.